The Bertz CT molecular complexity index is 447. The summed E-state index contributed by atoms with van der Waals surface area (Å²) in [6.07, 6.45) is 4.77. The zero-order chi connectivity index (χ0) is 13.8. The van der Waals surface area contributed by atoms with E-state index in [1.165, 1.54) is 35.7 Å². The molecule has 106 valence electrons. The molecule has 0 bridgehead atoms. The van der Waals surface area contributed by atoms with Crippen molar-refractivity contribution in [3.05, 3.63) is 5.82 Å². The maximum atomic E-state index is 11.9. The standard InChI is InChI=1S/C12H21N5OS/c1-8-5-3-4-6-10(8)14-11(18)7-19-12-16-15-9(2)17(12)13/h8,10H,3-7,13H2,1-2H3,(H,14,18). The van der Waals surface area contributed by atoms with Crippen molar-refractivity contribution in [2.24, 2.45) is 5.92 Å². The molecule has 2 atom stereocenters. The van der Waals surface area contributed by atoms with Gasteiger partial charge in [-0.2, -0.15) is 0 Å². The number of hydrogen-bond donors (Lipinski definition) is 2. The van der Waals surface area contributed by atoms with E-state index < -0.39 is 0 Å². The number of thioether (sulfide) groups is 1. The Morgan fingerprint density at radius 2 is 2.21 bits per heavy atom. The third-order valence-electron chi connectivity index (χ3n) is 3.63. The van der Waals surface area contributed by atoms with Crippen LogP contribution in [-0.2, 0) is 4.79 Å². The van der Waals surface area contributed by atoms with Gasteiger partial charge >= 0.3 is 0 Å². The quantitative estimate of drug-likeness (QED) is 0.638. The van der Waals surface area contributed by atoms with E-state index in [2.05, 4.69) is 22.4 Å². The normalized spacial score (nSPS) is 23.3. The number of carbonyl (C=O) groups excluding carboxylic acids is 1. The summed E-state index contributed by atoms with van der Waals surface area (Å²) in [5.41, 5.74) is 0. The molecule has 6 nitrogen and oxygen atoms in total. The fourth-order valence-corrected chi connectivity index (χ4v) is 3.07. The summed E-state index contributed by atoms with van der Waals surface area (Å²) in [6, 6.07) is 0.319. The fourth-order valence-electron chi connectivity index (χ4n) is 2.36. The van der Waals surface area contributed by atoms with Gasteiger partial charge in [0.1, 0.15) is 5.82 Å². The number of nitrogen functional groups attached to an aromatic ring is 1. The van der Waals surface area contributed by atoms with Crippen LogP contribution in [0.4, 0.5) is 0 Å². The average Bonchev–Trinajstić information content (AvgIpc) is 2.70. The van der Waals surface area contributed by atoms with Crippen molar-refractivity contribution in [3.63, 3.8) is 0 Å². The topological polar surface area (TPSA) is 85.8 Å². The number of rotatable bonds is 4. The fraction of sp³-hybridized carbons (Fsp3) is 0.750. The summed E-state index contributed by atoms with van der Waals surface area (Å²) >= 11 is 1.32. The van der Waals surface area contributed by atoms with Crippen molar-refractivity contribution in [2.75, 3.05) is 11.6 Å². The maximum Gasteiger partial charge on any atom is 0.230 e. The first-order valence-electron chi connectivity index (χ1n) is 6.67. The molecule has 0 aliphatic heterocycles. The van der Waals surface area contributed by atoms with Gasteiger partial charge in [0, 0.05) is 6.04 Å². The summed E-state index contributed by atoms with van der Waals surface area (Å²) in [5.74, 6) is 7.33. The smallest absolute Gasteiger partial charge is 0.230 e. The van der Waals surface area contributed by atoms with Gasteiger partial charge in [0.25, 0.3) is 0 Å². The number of amides is 1. The highest BCUT2D eigenvalue weighted by atomic mass is 32.2. The summed E-state index contributed by atoms with van der Waals surface area (Å²) in [6.45, 7) is 3.98. The van der Waals surface area contributed by atoms with Crippen LogP contribution >= 0.6 is 11.8 Å². The van der Waals surface area contributed by atoms with Crippen LogP contribution in [0.3, 0.4) is 0 Å². The van der Waals surface area contributed by atoms with Crippen molar-refractivity contribution in [1.82, 2.24) is 20.2 Å². The Morgan fingerprint density at radius 3 is 2.84 bits per heavy atom. The third kappa shape index (κ3) is 3.62. The number of nitrogens with zero attached hydrogens (tertiary/aromatic N) is 3. The number of aromatic nitrogens is 3. The number of nitrogens with one attached hydrogen (secondary N) is 1. The van der Waals surface area contributed by atoms with Crippen molar-refractivity contribution in [2.45, 2.75) is 50.7 Å². The van der Waals surface area contributed by atoms with Gasteiger partial charge in [-0.15, -0.1) is 10.2 Å². The zero-order valence-corrected chi connectivity index (χ0v) is 12.2. The molecule has 1 heterocycles. The first kappa shape index (κ1) is 14.2. The van der Waals surface area contributed by atoms with Gasteiger partial charge in [-0.05, 0) is 25.7 Å². The Labute approximate surface area is 117 Å². The second-order valence-electron chi connectivity index (χ2n) is 5.12. The van der Waals surface area contributed by atoms with Crippen molar-refractivity contribution < 1.29 is 4.79 Å². The SMILES string of the molecule is Cc1nnc(SCC(=O)NC2CCCCC2C)n1N. The minimum atomic E-state index is 0.0457. The number of aryl methyl sites for hydroxylation is 1. The van der Waals surface area contributed by atoms with Crippen LogP contribution < -0.4 is 11.2 Å². The number of hydrogen-bond acceptors (Lipinski definition) is 5. The van der Waals surface area contributed by atoms with Gasteiger partial charge < -0.3 is 11.2 Å². The van der Waals surface area contributed by atoms with Crippen LogP contribution in [-0.4, -0.2) is 32.6 Å². The lowest BCUT2D eigenvalue weighted by molar-refractivity contribution is -0.119. The van der Waals surface area contributed by atoms with E-state index in [1.807, 2.05) is 0 Å². The van der Waals surface area contributed by atoms with E-state index in [0.29, 0.717) is 28.7 Å². The molecule has 2 unspecified atom stereocenters. The van der Waals surface area contributed by atoms with E-state index in [1.54, 1.807) is 6.92 Å². The maximum absolute atomic E-state index is 11.9. The van der Waals surface area contributed by atoms with Gasteiger partial charge in [-0.25, -0.2) is 4.68 Å². The molecule has 1 fully saturated rings. The lowest BCUT2D eigenvalue weighted by atomic mass is 9.86. The molecule has 1 aromatic heterocycles. The third-order valence-corrected chi connectivity index (χ3v) is 4.57. The molecule has 0 saturated heterocycles. The van der Waals surface area contributed by atoms with Crippen LogP contribution in [0.25, 0.3) is 0 Å². The van der Waals surface area contributed by atoms with Gasteiger partial charge in [0.05, 0.1) is 5.75 Å². The van der Waals surface area contributed by atoms with Crippen molar-refractivity contribution >= 4 is 17.7 Å². The molecular formula is C12H21N5OS. The predicted octanol–water partition coefficient (Wildman–Crippen LogP) is 1.09. The number of nitrogens with two attached hydrogens (primary N) is 1. The van der Waals surface area contributed by atoms with Crippen molar-refractivity contribution in [3.8, 4) is 0 Å². The minimum Gasteiger partial charge on any atom is -0.352 e. The molecule has 0 spiro atoms. The molecule has 2 rings (SSSR count). The summed E-state index contributed by atoms with van der Waals surface area (Å²) in [5, 5.41) is 11.5. The molecular weight excluding hydrogens is 262 g/mol. The van der Waals surface area contributed by atoms with E-state index in [-0.39, 0.29) is 5.91 Å². The van der Waals surface area contributed by atoms with Crippen LogP contribution in [0, 0.1) is 12.8 Å². The highest BCUT2D eigenvalue weighted by Gasteiger charge is 2.22. The summed E-state index contributed by atoms with van der Waals surface area (Å²) < 4.78 is 1.40. The minimum absolute atomic E-state index is 0.0457. The first-order valence-corrected chi connectivity index (χ1v) is 7.65. The molecule has 7 heteroatoms. The van der Waals surface area contributed by atoms with Crippen LogP contribution in [0.15, 0.2) is 5.16 Å². The molecule has 1 amide bonds. The molecule has 19 heavy (non-hydrogen) atoms. The second-order valence-corrected chi connectivity index (χ2v) is 6.07. The molecule has 1 aromatic rings. The van der Waals surface area contributed by atoms with E-state index >= 15 is 0 Å². The molecule has 0 aromatic carbocycles. The highest BCUT2D eigenvalue weighted by molar-refractivity contribution is 7.99. The lowest BCUT2D eigenvalue weighted by Crippen LogP contribution is -2.41. The average molecular weight is 283 g/mol. The first-order chi connectivity index (χ1) is 9.08. The lowest BCUT2D eigenvalue weighted by Gasteiger charge is -2.29. The second kappa shape index (κ2) is 6.27. The van der Waals surface area contributed by atoms with E-state index in [4.69, 9.17) is 5.84 Å². The summed E-state index contributed by atoms with van der Waals surface area (Å²) in [7, 11) is 0. The largest absolute Gasteiger partial charge is 0.352 e. The Kier molecular flexibility index (Phi) is 4.68. The Hall–Kier alpha value is -1.24. The zero-order valence-electron chi connectivity index (χ0n) is 11.4. The van der Waals surface area contributed by atoms with Crippen LogP contribution in [0.5, 0.6) is 0 Å². The summed E-state index contributed by atoms with van der Waals surface area (Å²) in [4.78, 5) is 11.9. The van der Waals surface area contributed by atoms with Crippen LogP contribution in [0.1, 0.15) is 38.4 Å². The highest BCUT2D eigenvalue weighted by Crippen LogP contribution is 2.24. The van der Waals surface area contributed by atoms with Crippen LogP contribution in [0.2, 0.25) is 0 Å². The van der Waals surface area contributed by atoms with E-state index in [0.717, 1.165) is 6.42 Å². The molecule has 0 radical (unpaired) electrons. The molecule has 3 N–H and O–H groups in total. The van der Waals surface area contributed by atoms with Gasteiger partial charge in [0.2, 0.25) is 11.1 Å². The molecule has 1 aliphatic rings. The monoisotopic (exact) mass is 283 g/mol. The number of carbonyl (C=O) groups is 1. The van der Waals surface area contributed by atoms with Gasteiger partial charge in [-0.1, -0.05) is 31.5 Å². The van der Waals surface area contributed by atoms with Gasteiger partial charge in [0.15, 0.2) is 0 Å². The van der Waals surface area contributed by atoms with Gasteiger partial charge in [-0.3, -0.25) is 4.79 Å². The Balaban J connectivity index is 1.80. The van der Waals surface area contributed by atoms with Crippen molar-refractivity contribution in [1.29, 1.82) is 0 Å². The molecule has 1 saturated carbocycles. The predicted molar refractivity (Wildman–Crippen MR) is 75.2 cm³/mol. The molecule has 1 aliphatic carbocycles. The Morgan fingerprint density at radius 1 is 1.47 bits per heavy atom. The van der Waals surface area contributed by atoms with E-state index in [9.17, 15) is 4.79 Å².